The number of hydrogen-bond acceptors (Lipinski definition) is 4. The summed E-state index contributed by atoms with van der Waals surface area (Å²) >= 11 is 0. The minimum atomic E-state index is -0.204. The number of fused-ring (bicyclic) bond motifs is 2. The number of rotatable bonds is 7. The van der Waals surface area contributed by atoms with Crippen molar-refractivity contribution in [3.63, 3.8) is 0 Å². The quantitative estimate of drug-likeness (QED) is 0.382. The molecule has 35 heavy (non-hydrogen) atoms. The van der Waals surface area contributed by atoms with Gasteiger partial charge < -0.3 is 14.8 Å². The summed E-state index contributed by atoms with van der Waals surface area (Å²) in [7, 11) is 0. The van der Waals surface area contributed by atoms with Gasteiger partial charge in [0.25, 0.3) is 5.91 Å². The molecule has 0 fully saturated rings. The molecule has 1 amide bonds. The van der Waals surface area contributed by atoms with Gasteiger partial charge in [0.15, 0.2) is 0 Å². The third kappa shape index (κ3) is 4.38. The standard InChI is InChI=1S/C28H30FN5O/c1-17(2)14-33-15-21-12-20(6-7-22(21)28(33)35)25-13-26(32-16-31-25)30-9-10-34-19(4)11-23-18(3)5-8-24(29)27(23)34/h5-8,11-13,16-17H,9-10,14-15H2,1-4H3,(H,30,31,32). The summed E-state index contributed by atoms with van der Waals surface area (Å²) in [6.07, 6.45) is 1.54. The van der Waals surface area contributed by atoms with Crippen LogP contribution in [-0.4, -0.2) is 38.4 Å². The zero-order valence-electron chi connectivity index (χ0n) is 20.6. The zero-order valence-corrected chi connectivity index (χ0v) is 20.6. The van der Waals surface area contributed by atoms with Crippen LogP contribution in [-0.2, 0) is 13.1 Å². The highest BCUT2D eigenvalue weighted by Gasteiger charge is 2.27. The first-order valence-corrected chi connectivity index (χ1v) is 12.0. The van der Waals surface area contributed by atoms with Crippen LogP contribution in [0.15, 0.2) is 48.8 Å². The van der Waals surface area contributed by atoms with Crippen molar-refractivity contribution < 1.29 is 9.18 Å². The summed E-state index contributed by atoms with van der Waals surface area (Å²) in [4.78, 5) is 23.4. The van der Waals surface area contributed by atoms with Gasteiger partial charge in [0, 0.05) is 54.5 Å². The lowest BCUT2D eigenvalue weighted by atomic mass is 10.0. The van der Waals surface area contributed by atoms with Crippen LogP contribution in [0.4, 0.5) is 10.2 Å². The molecule has 2 aromatic carbocycles. The minimum Gasteiger partial charge on any atom is -0.368 e. The maximum Gasteiger partial charge on any atom is 0.254 e. The van der Waals surface area contributed by atoms with Crippen molar-refractivity contribution in [3.8, 4) is 11.3 Å². The molecule has 180 valence electrons. The fraction of sp³-hybridized carbons (Fsp3) is 0.321. The van der Waals surface area contributed by atoms with Crippen LogP contribution in [0, 0.1) is 25.6 Å². The van der Waals surface area contributed by atoms with Gasteiger partial charge in [-0.2, -0.15) is 0 Å². The average Bonchev–Trinajstić information content (AvgIpc) is 3.33. The van der Waals surface area contributed by atoms with Gasteiger partial charge in [0.1, 0.15) is 18.0 Å². The van der Waals surface area contributed by atoms with Crippen molar-refractivity contribution in [2.45, 2.75) is 40.8 Å². The second kappa shape index (κ2) is 9.13. The normalized spacial score (nSPS) is 13.2. The molecule has 2 aromatic heterocycles. The first kappa shape index (κ1) is 23.0. The molecule has 1 N–H and O–H groups in total. The zero-order chi connectivity index (χ0) is 24.7. The molecule has 0 spiro atoms. The van der Waals surface area contributed by atoms with Crippen LogP contribution < -0.4 is 5.32 Å². The molecule has 0 saturated heterocycles. The van der Waals surface area contributed by atoms with Crippen LogP contribution >= 0.6 is 0 Å². The maximum atomic E-state index is 14.6. The number of hydrogen-bond donors (Lipinski definition) is 1. The predicted molar refractivity (Wildman–Crippen MR) is 137 cm³/mol. The van der Waals surface area contributed by atoms with Crippen molar-refractivity contribution >= 4 is 22.6 Å². The molecule has 7 heteroatoms. The maximum absolute atomic E-state index is 14.6. The van der Waals surface area contributed by atoms with E-state index in [1.165, 1.54) is 6.07 Å². The van der Waals surface area contributed by atoms with Gasteiger partial charge in [-0.25, -0.2) is 14.4 Å². The average molecular weight is 472 g/mol. The molecule has 0 unspecified atom stereocenters. The van der Waals surface area contributed by atoms with Gasteiger partial charge in [0.2, 0.25) is 0 Å². The van der Waals surface area contributed by atoms with Gasteiger partial charge in [-0.3, -0.25) is 4.79 Å². The van der Waals surface area contributed by atoms with Crippen LogP contribution in [0.2, 0.25) is 0 Å². The second-order valence-corrected chi connectivity index (χ2v) is 9.73. The van der Waals surface area contributed by atoms with E-state index in [-0.39, 0.29) is 11.7 Å². The summed E-state index contributed by atoms with van der Waals surface area (Å²) in [5.74, 6) is 1.03. The fourth-order valence-electron chi connectivity index (χ4n) is 4.93. The lowest BCUT2D eigenvalue weighted by Gasteiger charge is -2.17. The summed E-state index contributed by atoms with van der Waals surface area (Å²) in [5, 5.41) is 4.30. The van der Waals surface area contributed by atoms with Crippen molar-refractivity contribution in [3.05, 3.63) is 77.0 Å². The van der Waals surface area contributed by atoms with E-state index >= 15 is 0 Å². The Balaban J connectivity index is 1.31. The van der Waals surface area contributed by atoms with Crippen LogP contribution in [0.1, 0.15) is 41.0 Å². The molecule has 0 aliphatic carbocycles. The number of carbonyl (C=O) groups excluding carboxylic acids is 1. The Hall–Kier alpha value is -3.74. The number of halogens is 1. The molecule has 1 aliphatic rings. The molecule has 0 bridgehead atoms. The van der Waals surface area contributed by atoms with Gasteiger partial charge in [-0.05, 0) is 55.2 Å². The van der Waals surface area contributed by atoms with E-state index in [4.69, 9.17) is 0 Å². The molecule has 6 nitrogen and oxygen atoms in total. The first-order valence-electron chi connectivity index (χ1n) is 12.0. The number of anilines is 1. The molecule has 4 aromatic rings. The monoisotopic (exact) mass is 471 g/mol. The van der Waals surface area contributed by atoms with Crippen molar-refractivity contribution in [1.82, 2.24) is 19.4 Å². The summed E-state index contributed by atoms with van der Waals surface area (Å²) in [6.45, 7) is 10.8. The minimum absolute atomic E-state index is 0.102. The van der Waals surface area contributed by atoms with E-state index in [0.717, 1.165) is 45.6 Å². The van der Waals surface area contributed by atoms with E-state index in [1.54, 1.807) is 6.33 Å². The van der Waals surface area contributed by atoms with Crippen molar-refractivity contribution in [2.75, 3.05) is 18.4 Å². The lowest BCUT2D eigenvalue weighted by Crippen LogP contribution is -2.27. The van der Waals surface area contributed by atoms with Gasteiger partial charge in [-0.15, -0.1) is 0 Å². The van der Waals surface area contributed by atoms with Gasteiger partial charge in [-0.1, -0.05) is 26.0 Å². The summed E-state index contributed by atoms with van der Waals surface area (Å²) in [6, 6.07) is 13.2. The number of carbonyl (C=O) groups is 1. The lowest BCUT2D eigenvalue weighted by molar-refractivity contribution is 0.0760. The van der Waals surface area contributed by atoms with E-state index < -0.39 is 0 Å². The summed E-state index contributed by atoms with van der Waals surface area (Å²) < 4.78 is 16.6. The third-order valence-corrected chi connectivity index (χ3v) is 6.61. The Morgan fingerprint density at radius 3 is 2.71 bits per heavy atom. The van der Waals surface area contributed by atoms with Crippen LogP contribution in [0.25, 0.3) is 22.2 Å². The number of aryl methyl sites for hydroxylation is 2. The van der Waals surface area contributed by atoms with Gasteiger partial charge in [0.05, 0.1) is 11.2 Å². The molecule has 0 saturated carbocycles. The second-order valence-electron chi connectivity index (χ2n) is 9.73. The number of amides is 1. The Bertz CT molecular complexity index is 1420. The third-order valence-electron chi connectivity index (χ3n) is 6.61. The molecule has 0 radical (unpaired) electrons. The molecule has 0 atom stereocenters. The van der Waals surface area contributed by atoms with Gasteiger partial charge >= 0.3 is 0 Å². The SMILES string of the molecule is Cc1ccc(F)c2c1cc(C)n2CCNc1cc(-c2ccc3c(c2)CN(CC(C)C)C3=O)ncn1. The number of nitrogens with one attached hydrogen (secondary N) is 1. The highest BCUT2D eigenvalue weighted by atomic mass is 19.1. The molecule has 3 heterocycles. The Kier molecular flexibility index (Phi) is 6.01. The fourth-order valence-corrected chi connectivity index (χ4v) is 4.93. The molecule has 5 rings (SSSR count). The van der Waals surface area contributed by atoms with E-state index in [1.807, 2.05) is 53.6 Å². The number of benzene rings is 2. The molecular formula is C28H30FN5O. The smallest absolute Gasteiger partial charge is 0.254 e. The topological polar surface area (TPSA) is 63.1 Å². The number of aromatic nitrogens is 3. The van der Waals surface area contributed by atoms with Crippen molar-refractivity contribution in [2.24, 2.45) is 5.92 Å². The summed E-state index contributed by atoms with van der Waals surface area (Å²) in [5.41, 5.74) is 6.30. The van der Waals surface area contributed by atoms with E-state index in [0.29, 0.717) is 36.9 Å². The molecule has 1 aliphatic heterocycles. The van der Waals surface area contributed by atoms with Crippen LogP contribution in [0.5, 0.6) is 0 Å². The Morgan fingerprint density at radius 1 is 1.09 bits per heavy atom. The predicted octanol–water partition coefficient (Wildman–Crippen LogP) is 5.58. The first-order chi connectivity index (χ1) is 16.8. The van der Waals surface area contributed by atoms with Crippen molar-refractivity contribution in [1.29, 1.82) is 0 Å². The largest absolute Gasteiger partial charge is 0.368 e. The highest BCUT2D eigenvalue weighted by molar-refractivity contribution is 5.99. The van der Waals surface area contributed by atoms with E-state index in [2.05, 4.69) is 35.2 Å². The number of nitrogens with zero attached hydrogens (tertiary/aromatic N) is 4. The van der Waals surface area contributed by atoms with E-state index in [9.17, 15) is 9.18 Å². The Morgan fingerprint density at radius 2 is 1.91 bits per heavy atom. The van der Waals surface area contributed by atoms with Crippen LogP contribution in [0.3, 0.4) is 0 Å². The highest BCUT2D eigenvalue weighted by Crippen LogP contribution is 2.29. The molecular weight excluding hydrogens is 441 g/mol. The Labute approximate surface area is 204 Å².